The molecule has 0 amide bonds. The molecule has 0 fully saturated rings. The molecule has 0 spiro atoms. The Morgan fingerprint density at radius 3 is 2.81 bits per heavy atom. The summed E-state index contributed by atoms with van der Waals surface area (Å²) in [6.45, 7) is 8.29. The summed E-state index contributed by atoms with van der Waals surface area (Å²) >= 11 is 0. The van der Waals surface area contributed by atoms with Gasteiger partial charge in [0.05, 0.1) is 0 Å². The summed E-state index contributed by atoms with van der Waals surface area (Å²) < 4.78 is 0. The molecule has 0 saturated heterocycles. The SMILES string of the molecule is CCCCCC(C)(C)CN=C(N)NCCc1ccccn1. The van der Waals surface area contributed by atoms with Crippen molar-refractivity contribution in [2.45, 2.75) is 52.9 Å². The summed E-state index contributed by atoms with van der Waals surface area (Å²) in [6, 6.07) is 5.94. The summed E-state index contributed by atoms with van der Waals surface area (Å²) in [7, 11) is 0. The van der Waals surface area contributed by atoms with Crippen LogP contribution in [0.2, 0.25) is 0 Å². The zero-order valence-corrected chi connectivity index (χ0v) is 13.7. The zero-order valence-electron chi connectivity index (χ0n) is 13.7. The Bertz CT molecular complexity index is 412. The van der Waals surface area contributed by atoms with Crippen molar-refractivity contribution in [1.29, 1.82) is 0 Å². The van der Waals surface area contributed by atoms with E-state index in [1.807, 2.05) is 24.4 Å². The molecule has 1 heterocycles. The van der Waals surface area contributed by atoms with E-state index < -0.39 is 0 Å². The van der Waals surface area contributed by atoms with Gasteiger partial charge in [0.15, 0.2) is 5.96 Å². The van der Waals surface area contributed by atoms with Crippen LogP contribution in [-0.2, 0) is 6.42 Å². The molecule has 0 atom stereocenters. The van der Waals surface area contributed by atoms with Crippen LogP contribution in [0.15, 0.2) is 29.4 Å². The molecule has 118 valence electrons. The van der Waals surface area contributed by atoms with Crippen molar-refractivity contribution in [1.82, 2.24) is 10.3 Å². The highest BCUT2D eigenvalue weighted by atomic mass is 15.1. The number of nitrogens with zero attached hydrogens (tertiary/aromatic N) is 2. The number of hydrogen-bond donors (Lipinski definition) is 2. The Morgan fingerprint density at radius 1 is 1.33 bits per heavy atom. The highest BCUT2D eigenvalue weighted by molar-refractivity contribution is 5.77. The fraction of sp³-hybridized carbons (Fsp3) is 0.647. The summed E-state index contributed by atoms with van der Waals surface area (Å²) in [5, 5.41) is 3.16. The van der Waals surface area contributed by atoms with Crippen LogP contribution in [0.5, 0.6) is 0 Å². The van der Waals surface area contributed by atoms with E-state index in [4.69, 9.17) is 5.73 Å². The second-order valence-corrected chi connectivity index (χ2v) is 6.32. The Balaban J connectivity index is 2.25. The molecular weight excluding hydrogens is 260 g/mol. The van der Waals surface area contributed by atoms with Crippen molar-refractivity contribution in [2.24, 2.45) is 16.1 Å². The second-order valence-electron chi connectivity index (χ2n) is 6.32. The monoisotopic (exact) mass is 290 g/mol. The van der Waals surface area contributed by atoms with Crippen LogP contribution in [0.1, 0.15) is 52.1 Å². The highest BCUT2D eigenvalue weighted by Crippen LogP contribution is 2.23. The molecule has 4 nitrogen and oxygen atoms in total. The molecular formula is C17H30N4. The molecule has 1 aromatic heterocycles. The minimum Gasteiger partial charge on any atom is -0.370 e. The van der Waals surface area contributed by atoms with Crippen LogP contribution >= 0.6 is 0 Å². The van der Waals surface area contributed by atoms with Gasteiger partial charge in [-0.05, 0) is 24.0 Å². The second kappa shape index (κ2) is 9.37. The van der Waals surface area contributed by atoms with Crippen LogP contribution in [0.4, 0.5) is 0 Å². The third-order valence-corrected chi connectivity index (χ3v) is 3.55. The molecule has 3 N–H and O–H groups in total. The Hall–Kier alpha value is -1.58. The third kappa shape index (κ3) is 8.33. The molecule has 0 radical (unpaired) electrons. The number of aromatic nitrogens is 1. The van der Waals surface area contributed by atoms with Crippen LogP contribution < -0.4 is 11.1 Å². The first-order valence-corrected chi connectivity index (χ1v) is 7.97. The normalized spacial score (nSPS) is 12.4. The van der Waals surface area contributed by atoms with Crippen molar-refractivity contribution >= 4 is 5.96 Å². The van der Waals surface area contributed by atoms with E-state index in [-0.39, 0.29) is 5.41 Å². The lowest BCUT2D eigenvalue weighted by Crippen LogP contribution is -2.34. The molecule has 1 aromatic rings. The average molecular weight is 290 g/mol. The third-order valence-electron chi connectivity index (χ3n) is 3.55. The number of nitrogens with one attached hydrogen (secondary N) is 1. The van der Waals surface area contributed by atoms with Crippen molar-refractivity contribution < 1.29 is 0 Å². The van der Waals surface area contributed by atoms with Crippen molar-refractivity contribution in [2.75, 3.05) is 13.1 Å². The van der Waals surface area contributed by atoms with Crippen LogP contribution in [-0.4, -0.2) is 24.0 Å². The number of hydrogen-bond acceptors (Lipinski definition) is 2. The zero-order chi connectivity index (χ0) is 15.6. The maximum absolute atomic E-state index is 5.92. The van der Waals surface area contributed by atoms with Crippen molar-refractivity contribution in [3.05, 3.63) is 30.1 Å². The van der Waals surface area contributed by atoms with Crippen LogP contribution in [0.3, 0.4) is 0 Å². The van der Waals surface area contributed by atoms with E-state index in [1.54, 1.807) is 0 Å². The van der Waals surface area contributed by atoms with Gasteiger partial charge in [0, 0.05) is 31.4 Å². The topological polar surface area (TPSA) is 63.3 Å². The lowest BCUT2D eigenvalue weighted by molar-refractivity contribution is 0.333. The highest BCUT2D eigenvalue weighted by Gasteiger charge is 2.16. The number of aliphatic imine (C=N–C) groups is 1. The van der Waals surface area contributed by atoms with Gasteiger partial charge >= 0.3 is 0 Å². The van der Waals surface area contributed by atoms with E-state index in [0.29, 0.717) is 5.96 Å². The van der Waals surface area contributed by atoms with E-state index in [0.717, 1.165) is 25.2 Å². The Morgan fingerprint density at radius 2 is 2.14 bits per heavy atom. The van der Waals surface area contributed by atoms with Gasteiger partial charge in [-0.25, -0.2) is 0 Å². The molecule has 4 heteroatoms. The van der Waals surface area contributed by atoms with Gasteiger partial charge in [0.2, 0.25) is 0 Å². The molecule has 0 aliphatic carbocycles. The van der Waals surface area contributed by atoms with Crippen molar-refractivity contribution in [3.8, 4) is 0 Å². The fourth-order valence-corrected chi connectivity index (χ4v) is 2.15. The van der Waals surface area contributed by atoms with Gasteiger partial charge in [-0.15, -0.1) is 0 Å². The quantitative estimate of drug-likeness (QED) is 0.417. The number of nitrogens with two attached hydrogens (primary N) is 1. The van der Waals surface area contributed by atoms with Crippen molar-refractivity contribution in [3.63, 3.8) is 0 Å². The first kappa shape index (κ1) is 17.5. The summed E-state index contributed by atoms with van der Waals surface area (Å²) in [5.74, 6) is 0.537. The maximum Gasteiger partial charge on any atom is 0.188 e. The minimum absolute atomic E-state index is 0.225. The predicted octanol–water partition coefficient (Wildman–Crippen LogP) is 3.13. The first-order chi connectivity index (χ1) is 10.0. The molecule has 0 saturated carbocycles. The number of rotatable bonds is 9. The Labute approximate surface area is 129 Å². The lowest BCUT2D eigenvalue weighted by Gasteiger charge is -2.22. The van der Waals surface area contributed by atoms with Gasteiger partial charge < -0.3 is 11.1 Å². The van der Waals surface area contributed by atoms with Gasteiger partial charge in [0.1, 0.15) is 0 Å². The van der Waals surface area contributed by atoms with E-state index >= 15 is 0 Å². The Kier molecular flexibility index (Phi) is 7.80. The fourth-order valence-electron chi connectivity index (χ4n) is 2.15. The largest absolute Gasteiger partial charge is 0.370 e. The van der Waals surface area contributed by atoms with E-state index in [2.05, 4.69) is 36.1 Å². The number of guanidine groups is 1. The summed E-state index contributed by atoms with van der Waals surface area (Å²) in [5.41, 5.74) is 7.21. The van der Waals surface area contributed by atoms with Gasteiger partial charge in [-0.1, -0.05) is 46.1 Å². The predicted molar refractivity (Wildman–Crippen MR) is 90.4 cm³/mol. The molecule has 0 unspecified atom stereocenters. The smallest absolute Gasteiger partial charge is 0.188 e. The minimum atomic E-state index is 0.225. The van der Waals surface area contributed by atoms with Gasteiger partial charge in [0.25, 0.3) is 0 Å². The van der Waals surface area contributed by atoms with Crippen LogP contribution in [0, 0.1) is 5.41 Å². The molecule has 1 rings (SSSR count). The molecule has 0 aromatic carbocycles. The number of unbranched alkanes of at least 4 members (excludes halogenated alkanes) is 2. The van der Waals surface area contributed by atoms with Gasteiger partial charge in [-0.2, -0.15) is 0 Å². The molecule has 21 heavy (non-hydrogen) atoms. The standard InChI is InChI=1S/C17H30N4/c1-4-5-7-11-17(2,3)14-21-16(18)20-13-10-15-9-6-8-12-19-15/h6,8-9,12H,4-5,7,10-11,13-14H2,1-3H3,(H3,18,20,21). The van der Waals surface area contributed by atoms with E-state index in [9.17, 15) is 0 Å². The van der Waals surface area contributed by atoms with Gasteiger partial charge in [-0.3, -0.25) is 9.98 Å². The lowest BCUT2D eigenvalue weighted by atomic mass is 9.87. The molecule has 0 aliphatic heterocycles. The number of pyridine rings is 1. The molecule has 0 bridgehead atoms. The summed E-state index contributed by atoms with van der Waals surface area (Å²) in [6.07, 6.45) is 7.70. The average Bonchev–Trinajstić information content (AvgIpc) is 2.47. The maximum atomic E-state index is 5.92. The van der Waals surface area contributed by atoms with Crippen LogP contribution in [0.25, 0.3) is 0 Å². The first-order valence-electron chi connectivity index (χ1n) is 7.97. The van der Waals surface area contributed by atoms with E-state index in [1.165, 1.54) is 25.7 Å². The summed E-state index contributed by atoms with van der Waals surface area (Å²) in [4.78, 5) is 8.75. The molecule has 0 aliphatic rings.